The zero-order chi connectivity index (χ0) is 13.2. The summed E-state index contributed by atoms with van der Waals surface area (Å²) in [5.74, 6) is 0.620. The maximum atomic E-state index is 6.02. The van der Waals surface area contributed by atoms with Crippen LogP contribution in [0.2, 0.25) is 0 Å². The van der Waals surface area contributed by atoms with Gasteiger partial charge in [-0.2, -0.15) is 0 Å². The third-order valence-corrected chi connectivity index (χ3v) is 4.29. The molecule has 1 aliphatic heterocycles. The Hall–Kier alpha value is -1.07. The fraction of sp³-hybridized carbons (Fsp3) is 0.500. The highest BCUT2D eigenvalue weighted by atomic mass is 79.9. The van der Waals surface area contributed by atoms with Crippen LogP contribution in [0.5, 0.6) is 0 Å². The zero-order valence-corrected chi connectivity index (χ0v) is 12.6. The molecule has 0 spiro atoms. The molecule has 5 heteroatoms. The summed E-state index contributed by atoms with van der Waals surface area (Å²) in [5, 5.41) is 0. The lowest BCUT2D eigenvalue weighted by atomic mass is 10.3. The summed E-state index contributed by atoms with van der Waals surface area (Å²) in [7, 11) is 0. The molecule has 102 valence electrons. The molecule has 1 aliphatic rings. The van der Waals surface area contributed by atoms with Gasteiger partial charge in [0, 0.05) is 11.0 Å². The average molecular weight is 323 g/mol. The number of rotatable bonds is 4. The molecule has 0 amide bonds. The number of nitrogens with two attached hydrogens (primary N) is 1. The Balaban J connectivity index is 1.71. The summed E-state index contributed by atoms with van der Waals surface area (Å²) in [4.78, 5) is 6.96. The quantitative estimate of drug-likeness (QED) is 0.941. The number of benzene rings is 1. The van der Waals surface area contributed by atoms with E-state index in [0.717, 1.165) is 35.0 Å². The minimum absolute atomic E-state index is 0.620. The Labute approximate surface area is 121 Å². The number of aryl methyl sites for hydroxylation is 1. The molecule has 0 radical (unpaired) electrons. The van der Waals surface area contributed by atoms with E-state index < -0.39 is 0 Å². The minimum Gasteiger partial charge on any atom is -0.369 e. The number of hydrogen-bond acceptors (Lipinski definition) is 3. The first kappa shape index (κ1) is 12.9. The number of fused-ring (bicyclic) bond motifs is 1. The predicted molar refractivity (Wildman–Crippen MR) is 82.1 cm³/mol. The normalized spacial score (nSPS) is 16.5. The van der Waals surface area contributed by atoms with E-state index in [0.29, 0.717) is 5.95 Å². The molecule has 4 nitrogen and oxygen atoms in total. The molecule has 0 aliphatic carbocycles. The monoisotopic (exact) mass is 322 g/mol. The third-order valence-electron chi connectivity index (χ3n) is 3.79. The van der Waals surface area contributed by atoms with Gasteiger partial charge >= 0.3 is 0 Å². The molecule has 2 N–H and O–H groups in total. The van der Waals surface area contributed by atoms with Crippen molar-refractivity contribution < 1.29 is 0 Å². The summed E-state index contributed by atoms with van der Waals surface area (Å²) >= 11 is 3.47. The Bertz CT molecular complexity index is 572. The zero-order valence-electron chi connectivity index (χ0n) is 11.0. The van der Waals surface area contributed by atoms with E-state index in [1.807, 2.05) is 12.1 Å². The van der Waals surface area contributed by atoms with Crippen LogP contribution in [-0.2, 0) is 6.54 Å². The molecular formula is C14H19BrN4. The van der Waals surface area contributed by atoms with E-state index in [2.05, 4.69) is 36.4 Å². The first-order chi connectivity index (χ1) is 9.24. The summed E-state index contributed by atoms with van der Waals surface area (Å²) < 4.78 is 3.17. The maximum absolute atomic E-state index is 6.02. The van der Waals surface area contributed by atoms with E-state index in [-0.39, 0.29) is 0 Å². The summed E-state index contributed by atoms with van der Waals surface area (Å²) in [6.07, 6.45) is 3.83. The van der Waals surface area contributed by atoms with Crippen LogP contribution < -0.4 is 5.73 Å². The molecule has 19 heavy (non-hydrogen) atoms. The summed E-state index contributed by atoms with van der Waals surface area (Å²) in [6.45, 7) is 4.62. The molecule has 1 aromatic heterocycles. The number of likely N-dealkylation sites (tertiary alicyclic amines) is 1. The SMILES string of the molecule is Nc1nc2cc(Br)ccc2n1CCCN1CCCC1. The predicted octanol–water partition coefficient (Wildman–Crippen LogP) is 2.87. The van der Waals surface area contributed by atoms with E-state index in [1.165, 1.54) is 25.9 Å². The van der Waals surface area contributed by atoms with Gasteiger partial charge in [-0.1, -0.05) is 15.9 Å². The standard InChI is InChI=1S/C14H19BrN4/c15-11-4-5-13-12(10-11)17-14(16)19(13)9-3-8-18-6-1-2-7-18/h4-5,10H,1-3,6-9H2,(H2,16,17). The number of nitrogens with zero attached hydrogens (tertiary/aromatic N) is 3. The van der Waals surface area contributed by atoms with Crippen molar-refractivity contribution in [3.05, 3.63) is 22.7 Å². The second-order valence-electron chi connectivity index (χ2n) is 5.16. The first-order valence-corrected chi connectivity index (χ1v) is 7.67. The number of imidazole rings is 1. The van der Waals surface area contributed by atoms with E-state index in [4.69, 9.17) is 5.73 Å². The van der Waals surface area contributed by atoms with Gasteiger partial charge in [0.25, 0.3) is 0 Å². The van der Waals surface area contributed by atoms with Crippen molar-refractivity contribution in [2.24, 2.45) is 0 Å². The topological polar surface area (TPSA) is 47.1 Å². The van der Waals surface area contributed by atoms with Crippen LogP contribution in [0.15, 0.2) is 22.7 Å². The van der Waals surface area contributed by atoms with Crippen molar-refractivity contribution in [1.82, 2.24) is 14.5 Å². The number of nitrogen functional groups attached to an aromatic ring is 1. The molecule has 0 unspecified atom stereocenters. The van der Waals surface area contributed by atoms with Gasteiger partial charge in [0.15, 0.2) is 0 Å². The lowest BCUT2D eigenvalue weighted by Crippen LogP contribution is -2.21. The number of halogens is 1. The van der Waals surface area contributed by atoms with Crippen LogP contribution in [0.3, 0.4) is 0 Å². The number of aromatic nitrogens is 2. The van der Waals surface area contributed by atoms with Crippen molar-refractivity contribution in [2.75, 3.05) is 25.4 Å². The lowest BCUT2D eigenvalue weighted by Gasteiger charge is -2.14. The van der Waals surface area contributed by atoms with Crippen molar-refractivity contribution >= 4 is 32.9 Å². The molecule has 0 atom stereocenters. The summed E-state index contributed by atoms with van der Waals surface area (Å²) in [5.41, 5.74) is 8.11. The molecule has 1 saturated heterocycles. The highest BCUT2D eigenvalue weighted by Gasteiger charge is 2.12. The van der Waals surface area contributed by atoms with Crippen LogP contribution >= 0.6 is 15.9 Å². The molecule has 2 heterocycles. The molecule has 1 aromatic carbocycles. The third kappa shape index (κ3) is 2.77. The second-order valence-corrected chi connectivity index (χ2v) is 6.07. The molecule has 0 bridgehead atoms. The highest BCUT2D eigenvalue weighted by molar-refractivity contribution is 9.10. The molecule has 3 rings (SSSR count). The van der Waals surface area contributed by atoms with Crippen molar-refractivity contribution in [3.8, 4) is 0 Å². The van der Waals surface area contributed by atoms with Crippen molar-refractivity contribution in [2.45, 2.75) is 25.8 Å². The van der Waals surface area contributed by atoms with Crippen LogP contribution in [0.25, 0.3) is 11.0 Å². The fourth-order valence-corrected chi connectivity index (χ4v) is 3.16. The molecule has 2 aromatic rings. The van der Waals surface area contributed by atoms with E-state index in [9.17, 15) is 0 Å². The largest absolute Gasteiger partial charge is 0.369 e. The van der Waals surface area contributed by atoms with Crippen molar-refractivity contribution in [1.29, 1.82) is 0 Å². The average Bonchev–Trinajstić information content (AvgIpc) is 2.98. The fourth-order valence-electron chi connectivity index (χ4n) is 2.82. The summed E-state index contributed by atoms with van der Waals surface area (Å²) in [6, 6.07) is 6.14. The van der Waals surface area contributed by atoms with Crippen LogP contribution in [0, 0.1) is 0 Å². The van der Waals surface area contributed by atoms with E-state index in [1.54, 1.807) is 0 Å². The Kier molecular flexibility index (Phi) is 3.75. The second kappa shape index (κ2) is 5.51. The minimum atomic E-state index is 0.620. The number of anilines is 1. The van der Waals surface area contributed by atoms with Gasteiger partial charge in [-0.3, -0.25) is 0 Å². The first-order valence-electron chi connectivity index (χ1n) is 6.88. The molecular weight excluding hydrogens is 304 g/mol. The Morgan fingerprint density at radius 2 is 2.00 bits per heavy atom. The van der Waals surface area contributed by atoms with Gasteiger partial charge in [-0.05, 0) is 57.1 Å². The molecule has 0 saturated carbocycles. The van der Waals surface area contributed by atoms with Crippen LogP contribution in [0.4, 0.5) is 5.95 Å². The Morgan fingerprint density at radius 3 is 2.79 bits per heavy atom. The van der Waals surface area contributed by atoms with Gasteiger partial charge in [0.1, 0.15) is 0 Å². The smallest absolute Gasteiger partial charge is 0.201 e. The Morgan fingerprint density at radius 1 is 1.21 bits per heavy atom. The van der Waals surface area contributed by atoms with Gasteiger partial charge in [-0.25, -0.2) is 4.98 Å². The van der Waals surface area contributed by atoms with Crippen LogP contribution in [-0.4, -0.2) is 34.1 Å². The lowest BCUT2D eigenvalue weighted by molar-refractivity contribution is 0.326. The maximum Gasteiger partial charge on any atom is 0.201 e. The number of hydrogen-bond donors (Lipinski definition) is 1. The van der Waals surface area contributed by atoms with Gasteiger partial charge < -0.3 is 15.2 Å². The van der Waals surface area contributed by atoms with Gasteiger partial charge in [0.2, 0.25) is 5.95 Å². The van der Waals surface area contributed by atoms with Gasteiger partial charge in [0.05, 0.1) is 11.0 Å². The van der Waals surface area contributed by atoms with Gasteiger partial charge in [-0.15, -0.1) is 0 Å². The van der Waals surface area contributed by atoms with Crippen LogP contribution in [0.1, 0.15) is 19.3 Å². The molecule has 1 fully saturated rings. The van der Waals surface area contributed by atoms with E-state index >= 15 is 0 Å². The van der Waals surface area contributed by atoms with Crippen molar-refractivity contribution in [3.63, 3.8) is 0 Å². The highest BCUT2D eigenvalue weighted by Crippen LogP contribution is 2.22.